The fraction of sp³-hybridized carbons (Fsp3) is 0.727. The molecule has 7 nitrogen and oxygen atoms in total. The van der Waals surface area contributed by atoms with Gasteiger partial charge in [-0.05, 0) is 19.8 Å². The Morgan fingerprint density at radius 1 is 1.58 bits per heavy atom. The summed E-state index contributed by atoms with van der Waals surface area (Å²) in [7, 11) is -3.53. The highest BCUT2D eigenvalue weighted by molar-refractivity contribution is 7.89. The van der Waals surface area contributed by atoms with Crippen molar-refractivity contribution in [2.24, 2.45) is 0 Å². The normalized spacial score (nSPS) is 23.3. The highest BCUT2D eigenvalue weighted by Crippen LogP contribution is 2.24. The summed E-state index contributed by atoms with van der Waals surface area (Å²) in [4.78, 5) is 0.126. The van der Waals surface area contributed by atoms with Crippen LogP contribution in [0, 0.1) is 0 Å². The Labute approximate surface area is 112 Å². The molecule has 2 rings (SSSR count). The minimum Gasteiger partial charge on any atom is -0.394 e. The zero-order valence-corrected chi connectivity index (χ0v) is 11.6. The molecule has 1 saturated carbocycles. The van der Waals surface area contributed by atoms with Crippen LogP contribution in [0.5, 0.6) is 0 Å². The number of aliphatic hydroxyl groups excluding tert-OH is 1. The van der Waals surface area contributed by atoms with Crippen molar-refractivity contribution in [3.05, 3.63) is 12.4 Å². The molecule has 1 aromatic heterocycles. The van der Waals surface area contributed by atoms with Gasteiger partial charge in [0, 0.05) is 18.8 Å². The number of hydrogen-bond donors (Lipinski definition) is 2. The van der Waals surface area contributed by atoms with Gasteiger partial charge in [-0.2, -0.15) is 5.10 Å². The number of aromatic nitrogens is 2. The van der Waals surface area contributed by atoms with E-state index in [0.29, 0.717) is 19.4 Å². The maximum absolute atomic E-state index is 12.0. The molecule has 1 aromatic rings. The van der Waals surface area contributed by atoms with Gasteiger partial charge < -0.3 is 9.84 Å². The zero-order valence-electron chi connectivity index (χ0n) is 10.8. The molecule has 0 saturated heterocycles. The molecular formula is C11H19N3O4S. The van der Waals surface area contributed by atoms with Crippen LogP contribution >= 0.6 is 0 Å². The smallest absolute Gasteiger partial charge is 0.243 e. The summed E-state index contributed by atoms with van der Waals surface area (Å²) in [5, 5.41) is 12.6. The molecule has 1 fully saturated rings. The fourth-order valence-electron chi connectivity index (χ4n) is 2.03. The van der Waals surface area contributed by atoms with E-state index in [1.165, 1.54) is 17.1 Å². The van der Waals surface area contributed by atoms with E-state index in [2.05, 4.69) is 9.82 Å². The fourth-order valence-corrected chi connectivity index (χ4v) is 3.24. The molecule has 1 heterocycles. The molecule has 0 atom stereocenters. The molecule has 0 spiro atoms. The van der Waals surface area contributed by atoms with Gasteiger partial charge in [0.1, 0.15) is 4.90 Å². The highest BCUT2D eigenvalue weighted by Gasteiger charge is 2.33. The van der Waals surface area contributed by atoms with E-state index in [1.807, 2.05) is 6.92 Å². The molecule has 8 heteroatoms. The molecule has 19 heavy (non-hydrogen) atoms. The second-order valence-corrected chi connectivity index (χ2v) is 6.24. The number of hydrogen-bond acceptors (Lipinski definition) is 5. The van der Waals surface area contributed by atoms with Gasteiger partial charge in [0.05, 0.1) is 25.5 Å². The van der Waals surface area contributed by atoms with Gasteiger partial charge in [-0.25, -0.2) is 13.1 Å². The van der Waals surface area contributed by atoms with E-state index in [-0.39, 0.29) is 30.2 Å². The van der Waals surface area contributed by atoms with Gasteiger partial charge in [-0.15, -0.1) is 0 Å². The van der Waals surface area contributed by atoms with Crippen LogP contribution in [0.25, 0.3) is 0 Å². The number of nitrogens with one attached hydrogen (secondary N) is 1. The number of aliphatic hydroxyl groups is 1. The first-order valence-electron chi connectivity index (χ1n) is 6.32. The third kappa shape index (κ3) is 3.53. The van der Waals surface area contributed by atoms with E-state index in [0.717, 1.165) is 0 Å². The lowest BCUT2D eigenvalue weighted by Crippen LogP contribution is -2.47. The van der Waals surface area contributed by atoms with Crippen LogP contribution in [0.4, 0.5) is 0 Å². The zero-order chi connectivity index (χ0) is 13.9. The second-order valence-electron chi connectivity index (χ2n) is 4.53. The van der Waals surface area contributed by atoms with Gasteiger partial charge in [-0.1, -0.05) is 0 Å². The SMILES string of the molecule is CCOC1CC(NS(=O)(=O)c2cnn(CCO)c2)C1. The van der Waals surface area contributed by atoms with Gasteiger partial charge in [0.15, 0.2) is 0 Å². The van der Waals surface area contributed by atoms with Crippen molar-refractivity contribution < 1.29 is 18.3 Å². The lowest BCUT2D eigenvalue weighted by atomic mass is 9.90. The predicted octanol–water partition coefficient (Wildman–Crippen LogP) is -0.279. The van der Waals surface area contributed by atoms with Crippen molar-refractivity contribution in [2.45, 2.75) is 43.4 Å². The van der Waals surface area contributed by atoms with Crippen molar-refractivity contribution in [2.75, 3.05) is 13.2 Å². The largest absolute Gasteiger partial charge is 0.394 e. The lowest BCUT2D eigenvalue weighted by Gasteiger charge is -2.34. The van der Waals surface area contributed by atoms with Gasteiger partial charge in [-0.3, -0.25) is 4.68 Å². The summed E-state index contributed by atoms with van der Waals surface area (Å²) < 4.78 is 33.5. The standard InChI is InChI=1S/C11H19N3O4S/c1-2-18-10-5-9(6-10)13-19(16,17)11-7-12-14(8-11)3-4-15/h7-10,13,15H,2-6H2,1H3. The molecule has 0 bridgehead atoms. The molecule has 1 aliphatic carbocycles. The summed E-state index contributed by atoms with van der Waals surface area (Å²) >= 11 is 0. The summed E-state index contributed by atoms with van der Waals surface area (Å²) in [6.07, 6.45) is 4.28. The van der Waals surface area contributed by atoms with Crippen molar-refractivity contribution in [1.82, 2.24) is 14.5 Å². The monoisotopic (exact) mass is 289 g/mol. The Morgan fingerprint density at radius 3 is 2.95 bits per heavy atom. The summed E-state index contributed by atoms with van der Waals surface area (Å²) in [5.74, 6) is 0. The van der Waals surface area contributed by atoms with E-state index in [4.69, 9.17) is 9.84 Å². The van der Waals surface area contributed by atoms with Crippen molar-refractivity contribution in [1.29, 1.82) is 0 Å². The second kappa shape index (κ2) is 6.00. The summed E-state index contributed by atoms with van der Waals surface area (Å²) in [5.41, 5.74) is 0. The van der Waals surface area contributed by atoms with Crippen LogP contribution in [0.1, 0.15) is 19.8 Å². The molecule has 0 radical (unpaired) electrons. The lowest BCUT2D eigenvalue weighted by molar-refractivity contribution is -0.00475. The van der Waals surface area contributed by atoms with Crippen molar-refractivity contribution in [3.63, 3.8) is 0 Å². The Kier molecular flexibility index (Phi) is 4.56. The minimum absolute atomic E-state index is 0.0669. The quantitative estimate of drug-likeness (QED) is 0.720. The number of ether oxygens (including phenoxy) is 1. The van der Waals surface area contributed by atoms with E-state index >= 15 is 0 Å². The first kappa shape index (κ1) is 14.4. The maximum Gasteiger partial charge on any atom is 0.243 e. The first-order valence-corrected chi connectivity index (χ1v) is 7.80. The number of sulfonamides is 1. The minimum atomic E-state index is -3.53. The maximum atomic E-state index is 12.0. The van der Waals surface area contributed by atoms with Crippen molar-refractivity contribution >= 4 is 10.0 Å². The summed E-state index contributed by atoms with van der Waals surface area (Å²) in [6.45, 7) is 2.78. The highest BCUT2D eigenvalue weighted by atomic mass is 32.2. The third-order valence-corrected chi connectivity index (χ3v) is 4.54. The van der Waals surface area contributed by atoms with Crippen LogP contribution in [0.3, 0.4) is 0 Å². The molecule has 0 aliphatic heterocycles. The third-order valence-electron chi connectivity index (χ3n) is 3.07. The molecule has 2 N–H and O–H groups in total. The Hall–Kier alpha value is -0.960. The van der Waals surface area contributed by atoms with Gasteiger partial charge in [0.25, 0.3) is 0 Å². The molecule has 0 aromatic carbocycles. The van der Waals surface area contributed by atoms with Crippen LogP contribution in [0.15, 0.2) is 17.3 Å². The number of nitrogens with zero attached hydrogens (tertiary/aromatic N) is 2. The molecule has 0 amide bonds. The van der Waals surface area contributed by atoms with E-state index in [1.54, 1.807) is 0 Å². The van der Waals surface area contributed by atoms with E-state index < -0.39 is 10.0 Å². The molecule has 0 unspecified atom stereocenters. The Balaban J connectivity index is 1.91. The average molecular weight is 289 g/mol. The predicted molar refractivity (Wildman–Crippen MR) is 68.1 cm³/mol. The van der Waals surface area contributed by atoms with E-state index in [9.17, 15) is 8.42 Å². The molecule has 1 aliphatic rings. The van der Waals surface area contributed by atoms with Gasteiger partial charge in [0.2, 0.25) is 10.0 Å². The van der Waals surface area contributed by atoms with Crippen molar-refractivity contribution in [3.8, 4) is 0 Å². The van der Waals surface area contributed by atoms with Crippen LogP contribution < -0.4 is 4.72 Å². The van der Waals surface area contributed by atoms with Gasteiger partial charge >= 0.3 is 0 Å². The Bertz CT molecular complexity index is 508. The molecule has 108 valence electrons. The average Bonchev–Trinajstić information content (AvgIpc) is 2.76. The Morgan fingerprint density at radius 2 is 2.32 bits per heavy atom. The molecular weight excluding hydrogens is 270 g/mol. The van der Waals surface area contributed by atoms with Crippen LogP contribution in [0.2, 0.25) is 0 Å². The summed E-state index contributed by atoms with van der Waals surface area (Å²) in [6, 6.07) is -0.0669. The van der Waals surface area contributed by atoms with Crippen LogP contribution in [-0.4, -0.2) is 48.7 Å². The topological polar surface area (TPSA) is 93.5 Å². The number of rotatable bonds is 7. The first-order chi connectivity index (χ1) is 9.05. The van der Waals surface area contributed by atoms with Crippen LogP contribution in [-0.2, 0) is 21.3 Å².